The van der Waals surface area contributed by atoms with Crippen LogP contribution < -0.4 is 15.7 Å². The largest absolute Gasteiger partial charge is 0.481 e. The number of hydrogen-bond donors (Lipinski definition) is 1. The van der Waals surface area contributed by atoms with Gasteiger partial charge in [-0.1, -0.05) is 18.7 Å². The summed E-state index contributed by atoms with van der Waals surface area (Å²) in [5.74, 6) is 0.925. The summed E-state index contributed by atoms with van der Waals surface area (Å²) in [5, 5.41) is 12.3. The second-order valence-corrected chi connectivity index (χ2v) is 7.29. The highest BCUT2D eigenvalue weighted by Crippen LogP contribution is 2.23. The van der Waals surface area contributed by atoms with E-state index in [0.717, 1.165) is 22.5 Å². The van der Waals surface area contributed by atoms with Crippen molar-refractivity contribution in [2.24, 2.45) is 7.05 Å². The van der Waals surface area contributed by atoms with Gasteiger partial charge in [-0.25, -0.2) is 4.79 Å². The summed E-state index contributed by atoms with van der Waals surface area (Å²) >= 11 is 1.51. The van der Waals surface area contributed by atoms with E-state index in [0.29, 0.717) is 23.6 Å². The molecule has 3 rings (SSSR count). The number of benzene rings is 1. The van der Waals surface area contributed by atoms with Gasteiger partial charge >= 0.3 is 5.63 Å². The Morgan fingerprint density at radius 1 is 1.39 bits per heavy atom. The van der Waals surface area contributed by atoms with E-state index in [1.165, 1.54) is 17.8 Å². The summed E-state index contributed by atoms with van der Waals surface area (Å²) in [5.41, 5.74) is 0.978. The van der Waals surface area contributed by atoms with Gasteiger partial charge in [0, 0.05) is 36.9 Å². The molecular formula is C19H22N4O4S. The Bertz CT molecular complexity index is 1030. The van der Waals surface area contributed by atoms with Crippen LogP contribution in [0.15, 0.2) is 45.0 Å². The molecule has 0 fully saturated rings. The standard InChI is InChI=1S/C19H22N4O4S/c1-4-13-9-17(24)27-16-10-14(5-6-15(13)16)26-12(2)18(25)20-7-8-28-19-22-21-11-23(19)3/h5-6,9-12H,4,7-8H2,1-3H3,(H,20,25). The summed E-state index contributed by atoms with van der Waals surface area (Å²) in [4.78, 5) is 23.9. The number of thioether (sulfide) groups is 1. The lowest BCUT2D eigenvalue weighted by Crippen LogP contribution is -2.37. The molecule has 8 nitrogen and oxygen atoms in total. The van der Waals surface area contributed by atoms with Crippen molar-refractivity contribution in [2.45, 2.75) is 31.5 Å². The number of aryl methyl sites for hydroxylation is 2. The molecule has 1 N–H and O–H groups in total. The van der Waals surface area contributed by atoms with Crippen LogP contribution in [0.5, 0.6) is 5.75 Å². The van der Waals surface area contributed by atoms with Crippen LogP contribution in [0.3, 0.4) is 0 Å². The molecule has 1 atom stereocenters. The lowest BCUT2D eigenvalue weighted by atomic mass is 10.1. The van der Waals surface area contributed by atoms with Crippen molar-refractivity contribution >= 4 is 28.6 Å². The number of carbonyl (C=O) groups is 1. The normalized spacial score (nSPS) is 12.1. The molecule has 28 heavy (non-hydrogen) atoms. The molecule has 0 aliphatic heterocycles. The molecule has 0 radical (unpaired) electrons. The molecule has 0 aliphatic carbocycles. The van der Waals surface area contributed by atoms with Crippen LogP contribution in [0.4, 0.5) is 0 Å². The van der Waals surface area contributed by atoms with Gasteiger partial charge in [-0.2, -0.15) is 0 Å². The summed E-state index contributed by atoms with van der Waals surface area (Å²) in [6, 6.07) is 6.76. The van der Waals surface area contributed by atoms with Crippen LogP contribution in [-0.2, 0) is 18.3 Å². The van der Waals surface area contributed by atoms with Crippen molar-refractivity contribution in [3.8, 4) is 5.75 Å². The first-order valence-electron chi connectivity index (χ1n) is 8.96. The molecule has 1 amide bonds. The monoisotopic (exact) mass is 402 g/mol. The molecule has 1 aromatic carbocycles. The maximum Gasteiger partial charge on any atom is 0.336 e. The molecule has 2 heterocycles. The maximum atomic E-state index is 12.2. The number of ether oxygens (including phenoxy) is 1. The minimum Gasteiger partial charge on any atom is -0.481 e. The quantitative estimate of drug-likeness (QED) is 0.350. The predicted molar refractivity (Wildman–Crippen MR) is 107 cm³/mol. The number of amides is 1. The van der Waals surface area contributed by atoms with Crippen molar-refractivity contribution in [3.05, 3.63) is 46.6 Å². The summed E-state index contributed by atoms with van der Waals surface area (Å²) in [6.45, 7) is 4.14. The van der Waals surface area contributed by atoms with Crippen LogP contribution in [0.25, 0.3) is 11.0 Å². The highest BCUT2D eigenvalue weighted by Gasteiger charge is 2.15. The minimum atomic E-state index is -0.682. The Morgan fingerprint density at radius 3 is 2.93 bits per heavy atom. The van der Waals surface area contributed by atoms with E-state index in [2.05, 4.69) is 15.5 Å². The summed E-state index contributed by atoms with van der Waals surface area (Å²) in [7, 11) is 1.87. The molecule has 0 aliphatic rings. The van der Waals surface area contributed by atoms with Gasteiger partial charge in [-0.05, 0) is 31.0 Å². The Labute approximate surface area is 166 Å². The first-order valence-corrected chi connectivity index (χ1v) is 9.94. The lowest BCUT2D eigenvalue weighted by molar-refractivity contribution is -0.127. The second kappa shape index (κ2) is 8.92. The zero-order chi connectivity index (χ0) is 20.1. The van der Waals surface area contributed by atoms with Gasteiger partial charge in [-0.3, -0.25) is 4.79 Å². The van der Waals surface area contributed by atoms with Gasteiger partial charge in [0.05, 0.1) is 0 Å². The third kappa shape index (κ3) is 4.72. The number of carbonyl (C=O) groups excluding carboxylic acids is 1. The smallest absolute Gasteiger partial charge is 0.336 e. The molecule has 1 unspecified atom stereocenters. The third-order valence-electron chi connectivity index (χ3n) is 4.17. The van der Waals surface area contributed by atoms with E-state index in [1.54, 1.807) is 25.4 Å². The number of nitrogens with zero attached hydrogens (tertiary/aromatic N) is 3. The fourth-order valence-electron chi connectivity index (χ4n) is 2.70. The molecule has 9 heteroatoms. The van der Waals surface area contributed by atoms with Crippen molar-refractivity contribution < 1.29 is 13.9 Å². The molecule has 3 aromatic rings. The number of nitrogens with one attached hydrogen (secondary N) is 1. The number of rotatable bonds is 8. The Balaban J connectivity index is 1.56. The van der Waals surface area contributed by atoms with Crippen LogP contribution in [0.1, 0.15) is 19.4 Å². The SMILES string of the molecule is CCc1cc(=O)oc2cc(OC(C)C(=O)NCCSc3nncn3C)ccc12. The van der Waals surface area contributed by atoms with Crippen LogP contribution in [0, 0.1) is 0 Å². The summed E-state index contributed by atoms with van der Waals surface area (Å²) in [6.07, 6.45) is 1.68. The Hall–Kier alpha value is -2.81. The van der Waals surface area contributed by atoms with Gasteiger partial charge in [0.25, 0.3) is 5.91 Å². The molecular weight excluding hydrogens is 380 g/mol. The molecule has 0 saturated carbocycles. The van der Waals surface area contributed by atoms with Gasteiger partial charge in [0.2, 0.25) is 0 Å². The van der Waals surface area contributed by atoms with Crippen LogP contribution >= 0.6 is 11.8 Å². The highest BCUT2D eigenvalue weighted by atomic mass is 32.2. The van der Waals surface area contributed by atoms with E-state index >= 15 is 0 Å². The van der Waals surface area contributed by atoms with E-state index in [1.807, 2.05) is 24.6 Å². The van der Waals surface area contributed by atoms with Crippen LogP contribution in [-0.4, -0.2) is 39.1 Å². The maximum absolute atomic E-state index is 12.2. The lowest BCUT2D eigenvalue weighted by Gasteiger charge is -2.15. The van der Waals surface area contributed by atoms with E-state index in [-0.39, 0.29) is 5.91 Å². The van der Waals surface area contributed by atoms with Gasteiger partial charge in [0.15, 0.2) is 11.3 Å². The first kappa shape index (κ1) is 19.9. The molecule has 0 spiro atoms. The molecule has 0 saturated heterocycles. The van der Waals surface area contributed by atoms with Crippen molar-refractivity contribution in [2.75, 3.05) is 12.3 Å². The van der Waals surface area contributed by atoms with Crippen LogP contribution in [0.2, 0.25) is 0 Å². The minimum absolute atomic E-state index is 0.220. The zero-order valence-electron chi connectivity index (χ0n) is 16.0. The number of fused-ring (bicyclic) bond motifs is 1. The average Bonchev–Trinajstić information content (AvgIpc) is 3.08. The van der Waals surface area contributed by atoms with Crippen molar-refractivity contribution in [3.63, 3.8) is 0 Å². The first-order chi connectivity index (χ1) is 13.5. The zero-order valence-corrected chi connectivity index (χ0v) is 16.8. The number of aromatic nitrogens is 3. The van der Waals surface area contributed by atoms with Gasteiger partial charge < -0.3 is 19.0 Å². The predicted octanol–water partition coefficient (Wildman–Crippen LogP) is 2.16. The second-order valence-electron chi connectivity index (χ2n) is 6.23. The van der Waals surface area contributed by atoms with Gasteiger partial charge in [-0.15, -0.1) is 10.2 Å². The molecule has 148 valence electrons. The van der Waals surface area contributed by atoms with Gasteiger partial charge in [0.1, 0.15) is 17.7 Å². The molecule has 2 aromatic heterocycles. The molecule has 0 bridgehead atoms. The van der Waals surface area contributed by atoms with E-state index < -0.39 is 11.7 Å². The van der Waals surface area contributed by atoms with Crippen molar-refractivity contribution in [1.82, 2.24) is 20.1 Å². The fourth-order valence-corrected chi connectivity index (χ4v) is 3.44. The highest BCUT2D eigenvalue weighted by molar-refractivity contribution is 7.99. The fraction of sp³-hybridized carbons (Fsp3) is 0.368. The van der Waals surface area contributed by atoms with E-state index in [9.17, 15) is 9.59 Å². The third-order valence-corrected chi connectivity index (χ3v) is 5.20. The Morgan fingerprint density at radius 2 is 2.21 bits per heavy atom. The topological polar surface area (TPSA) is 99.2 Å². The Kier molecular flexibility index (Phi) is 6.35. The van der Waals surface area contributed by atoms with Crippen molar-refractivity contribution in [1.29, 1.82) is 0 Å². The summed E-state index contributed by atoms with van der Waals surface area (Å²) < 4.78 is 12.8. The number of hydrogen-bond acceptors (Lipinski definition) is 7. The average molecular weight is 402 g/mol. The van der Waals surface area contributed by atoms with E-state index in [4.69, 9.17) is 9.15 Å².